The molecule has 3 saturated carbocycles. The molecule has 0 saturated heterocycles. The Labute approximate surface area is 213 Å². The number of methoxy groups -OCH3 is 1. The first-order chi connectivity index (χ1) is 18.0. The molecule has 2 aromatic heterocycles. The van der Waals surface area contributed by atoms with Gasteiger partial charge >= 0.3 is 24.1 Å². The summed E-state index contributed by atoms with van der Waals surface area (Å²) in [6.07, 6.45) is -1.02. The maximum absolute atomic E-state index is 13.5. The predicted molar refractivity (Wildman–Crippen MR) is 122 cm³/mol. The van der Waals surface area contributed by atoms with Gasteiger partial charge in [0, 0.05) is 17.3 Å². The van der Waals surface area contributed by atoms with E-state index in [-0.39, 0.29) is 43.1 Å². The fourth-order valence-electron chi connectivity index (χ4n) is 4.94. The van der Waals surface area contributed by atoms with Gasteiger partial charge in [0.15, 0.2) is 0 Å². The van der Waals surface area contributed by atoms with Crippen molar-refractivity contribution in [3.63, 3.8) is 0 Å². The van der Waals surface area contributed by atoms with Crippen LogP contribution < -0.4 is 20.4 Å². The zero-order chi connectivity index (χ0) is 27.1. The molecule has 3 aliphatic rings. The molecule has 11 nitrogen and oxygen atoms in total. The van der Waals surface area contributed by atoms with Crippen LogP contribution in [-0.4, -0.2) is 35.3 Å². The Hall–Kier alpha value is -4.49. The van der Waals surface area contributed by atoms with Crippen LogP contribution >= 0.6 is 0 Å². The monoisotopic (exact) mass is 530 g/mol. The average Bonchev–Trinajstić information content (AvgIpc) is 3.23. The molecular formula is C24H21F3N6O5. The number of nitrogens with one attached hydrogen (secondary N) is 2. The van der Waals surface area contributed by atoms with Crippen LogP contribution in [0.25, 0.3) is 0 Å². The molecule has 198 valence electrons. The zero-order valence-electron chi connectivity index (χ0n) is 19.9. The summed E-state index contributed by atoms with van der Waals surface area (Å²) in [7, 11) is 1.26. The van der Waals surface area contributed by atoms with Gasteiger partial charge in [0.1, 0.15) is 5.69 Å². The van der Waals surface area contributed by atoms with Crippen LogP contribution in [0.15, 0.2) is 58.3 Å². The molecule has 0 atom stereocenters. The molecule has 0 spiro atoms. The number of nitrogens with zero attached hydrogens (tertiary/aromatic N) is 4. The standard InChI is InChI=1S/C24H21F3N6O5/c1-37-20(35)23-11-22(12-23,13-23)19(34)29-16-6-14(24(25,26)27)7-17(8-16)30-21(36)31-18-10-33(32-38-18)9-15-4-2-3-5-28-15/h2-8,10H,9,11-13H2,1H3,(H2-,29,30,31,32,34,36). The van der Waals surface area contributed by atoms with Gasteiger partial charge in [-0.1, -0.05) is 6.07 Å². The normalized spacial score (nSPS) is 22.2. The van der Waals surface area contributed by atoms with Crippen LogP contribution in [0.5, 0.6) is 0 Å². The van der Waals surface area contributed by atoms with Crippen LogP contribution in [0, 0.1) is 10.8 Å². The van der Waals surface area contributed by atoms with E-state index in [0.29, 0.717) is 5.69 Å². The van der Waals surface area contributed by atoms with Gasteiger partial charge in [-0.25, -0.2) is 4.79 Å². The Balaban J connectivity index is 1.28. The number of halogens is 3. The summed E-state index contributed by atoms with van der Waals surface area (Å²) in [6.45, 7) is 0.266. The number of esters is 1. The first-order valence-electron chi connectivity index (χ1n) is 11.4. The number of aromatic nitrogens is 3. The molecule has 0 unspecified atom stereocenters. The summed E-state index contributed by atoms with van der Waals surface area (Å²) in [5.41, 5.74) is -2.49. The minimum absolute atomic E-state index is 0.0614. The first kappa shape index (κ1) is 25.2. The third-order valence-corrected chi connectivity index (χ3v) is 6.63. The lowest BCUT2D eigenvalue weighted by molar-refractivity contribution is -0.755. The number of aliphatic imine (C=N–C) groups is 1. The van der Waals surface area contributed by atoms with Crippen LogP contribution in [0.3, 0.4) is 0 Å². The first-order valence-corrected chi connectivity index (χ1v) is 11.4. The molecule has 38 heavy (non-hydrogen) atoms. The van der Waals surface area contributed by atoms with Crippen LogP contribution in [-0.2, 0) is 22.3 Å². The minimum Gasteiger partial charge on any atom is -0.861 e. The van der Waals surface area contributed by atoms with E-state index in [1.807, 2.05) is 0 Å². The fraction of sp³-hybridized carbons (Fsp3) is 0.333. The second kappa shape index (κ2) is 9.11. The highest BCUT2D eigenvalue weighted by molar-refractivity contribution is 5.99. The molecular weight excluding hydrogens is 509 g/mol. The predicted octanol–water partition coefficient (Wildman–Crippen LogP) is 2.80. The number of hydrogen-bond donors (Lipinski definition) is 2. The highest BCUT2D eigenvalue weighted by Crippen LogP contribution is 2.73. The Morgan fingerprint density at radius 1 is 1.18 bits per heavy atom. The highest BCUT2D eigenvalue weighted by Gasteiger charge is 2.72. The van der Waals surface area contributed by atoms with Gasteiger partial charge in [-0.15, -0.1) is 0 Å². The Bertz CT molecular complexity index is 1400. The summed E-state index contributed by atoms with van der Waals surface area (Å²) in [6, 6.07) is 7.02. The molecule has 3 fully saturated rings. The number of urea groups is 1. The summed E-state index contributed by atoms with van der Waals surface area (Å²) in [5.74, 6) is -1.08. The van der Waals surface area contributed by atoms with Gasteiger partial charge in [-0.05, 0) is 60.2 Å². The van der Waals surface area contributed by atoms with E-state index in [2.05, 4.69) is 25.9 Å². The summed E-state index contributed by atoms with van der Waals surface area (Å²) >= 11 is 0. The molecule has 2 amide bonds. The third kappa shape index (κ3) is 4.76. The van der Waals surface area contributed by atoms with Crippen molar-refractivity contribution in [1.29, 1.82) is 0 Å². The molecule has 1 aromatic carbocycles. The zero-order valence-corrected chi connectivity index (χ0v) is 19.9. The van der Waals surface area contributed by atoms with E-state index in [4.69, 9.17) is 9.26 Å². The number of hydrogen-bond acceptors (Lipinski definition) is 8. The summed E-state index contributed by atoms with van der Waals surface area (Å²) < 4.78 is 51.7. The lowest BCUT2D eigenvalue weighted by atomic mass is 9.35. The molecule has 0 radical (unpaired) electrons. The molecule has 3 aliphatic carbocycles. The second-order valence-electron chi connectivity index (χ2n) is 9.43. The van der Waals surface area contributed by atoms with Crippen molar-refractivity contribution in [3.8, 4) is 0 Å². The van der Waals surface area contributed by atoms with Gasteiger partial charge in [-0.3, -0.25) is 24.6 Å². The van der Waals surface area contributed by atoms with Crippen molar-refractivity contribution in [2.24, 2.45) is 15.8 Å². The molecule has 2 heterocycles. The SMILES string of the molecule is COC(=O)C12CC(C([O-])=Nc3cc(NC(=O)Nc4c[n+](Cc5ccccn5)no4)cc(C(F)(F)F)c3)(C1)C2. The van der Waals surface area contributed by atoms with Crippen molar-refractivity contribution in [2.75, 3.05) is 17.7 Å². The van der Waals surface area contributed by atoms with Crippen molar-refractivity contribution < 1.29 is 41.8 Å². The van der Waals surface area contributed by atoms with Gasteiger partial charge < -0.3 is 15.2 Å². The average molecular weight is 530 g/mol. The van der Waals surface area contributed by atoms with Gasteiger partial charge in [0.25, 0.3) is 6.20 Å². The number of benzene rings is 1. The second-order valence-corrected chi connectivity index (χ2v) is 9.43. The van der Waals surface area contributed by atoms with Crippen LogP contribution in [0.4, 0.5) is 35.2 Å². The fourth-order valence-corrected chi connectivity index (χ4v) is 4.94. The molecule has 6 rings (SSSR count). The van der Waals surface area contributed by atoms with Crippen molar-refractivity contribution in [3.05, 3.63) is 60.0 Å². The van der Waals surface area contributed by atoms with E-state index < -0.39 is 40.5 Å². The summed E-state index contributed by atoms with van der Waals surface area (Å²) in [4.78, 5) is 32.3. The number of pyridine rings is 1. The maximum atomic E-state index is 13.5. The van der Waals surface area contributed by atoms with E-state index in [1.165, 1.54) is 18.0 Å². The molecule has 2 N–H and O–H groups in total. The van der Waals surface area contributed by atoms with E-state index >= 15 is 0 Å². The number of alkyl halides is 3. The Morgan fingerprint density at radius 2 is 1.95 bits per heavy atom. The lowest BCUT2D eigenvalue weighted by Gasteiger charge is -2.70. The van der Waals surface area contributed by atoms with Gasteiger partial charge in [-0.2, -0.15) is 13.2 Å². The molecule has 0 aliphatic heterocycles. The van der Waals surface area contributed by atoms with Crippen molar-refractivity contribution in [2.45, 2.75) is 32.0 Å². The number of amides is 2. The Kier molecular flexibility index (Phi) is 6.04. The third-order valence-electron chi connectivity index (χ3n) is 6.63. The number of ether oxygens (including phenoxy) is 1. The van der Waals surface area contributed by atoms with E-state index in [1.54, 1.807) is 24.4 Å². The number of rotatable bonds is 7. The van der Waals surface area contributed by atoms with E-state index in [9.17, 15) is 27.9 Å². The number of carbonyl (C=O) groups excluding carboxylic acids is 2. The highest BCUT2D eigenvalue weighted by atomic mass is 19.4. The van der Waals surface area contributed by atoms with Gasteiger partial charge in [0.05, 0.1) is 23.8 Å². The van der Waals surface area contributed by atoms with Crippen LogP contribution in [0.1, 0.15) is 30.5 Å². The van der Waals surface area contributed by atoms with Crippen LogP contribution in [0.2, 0.25) is 0 Å². The molecule has 3 aromatic rings. The number of anilines is 2. The lowest BCUT2D eigenvalue weighted by Crippen LogP contribution is -2.70. The van der Waals surface area contributed by atoms with Crippen molar-refractivity contribution in [1.82, 2.24) is 10.3 Å². The largest absolute Gasteiger partial charge is 0.861 e. The number of carbonyl (C=O) groups is 2. The van der Waals surface area contributed by atoms with E-state index in [0.717, 1.165) is 18.2 Å². The molecule has 14 heteroatoms. The van der Waals surface area contributed by atoms with Gasteiger partial charge in [0.2, 0.25) is 11.8 Å². The minimum atomic E-state index is -4.76. The smallest absolute Gasteiger partial charge is 0.416 e. The maximum Gasteiger partial charge on any atom is 0.416 e. The Morgan fingerprint density at radius 3 is 2.61 bits per heavy atom. The van der Waals surface area contributed by atoms with Crippen molar-refractivity contribution >= 4 is 35.2 Å². The quantitative estimate of drug-likeness (QED) is 0.207. The molecule has 2 bridgehead atoms. The summed E-state index contributed by atoms with van der Waals surface area (Å²) in [5, 5.41) is 21.1. The topological polar surface area (TPSA) is 146 Å².